The van der Waals surface area contributed by atoms with Crippen molar-refractivity contribution < 1.29 is 19.4 Å². The van der Waals surface area contributed by atoms with Crippen LogP contribution in [0, 0.1) is 0 Å². The maximum atomic E-state index is 12.0. The summed E-state index contributed by atoms with van der Waals surface area (Å²) in [6.45, 7) is 8.50. The molecule has 0 saturated carbocycles. The fraction of sp³-hybridized carbons (Fsp3) is 0.625. The van der Waals surface area contributed by atoms with Gasteiger partial charge < -0.3 is 14.7 Å². The normalized spacial score (nSPS) is 17.8. The van der Waals surface area contributed by atoms with Gasteiger partial charge in [-0.05, 0) is 39.2 Å². The molecule has 6 nitrogen and oxygen atoms in total. The summed E-state index contributed by atoms with van der Waals surface area (Å²) in [6, 6.07) is -0.159. The molecule has 0 spiro atoms. The van der Waals surface area contributed by atoms with E-state index in [-0.39, 0.29) is 12.0 Å². The first-order valence-electron chi connectivity index (χ1n) is 7.73. The average Bonchev–Trinajstić information content (AvgIpc) is 2.48. The van der Waals surface area contributed by atoms with Gasteiger partial charge in [-0.2, -0.15) is 0 Å². The smallest absolute Gasteiger partial charge is 0.333 e. The van der Waals surface area contributed by atoms with Crippen molar-refractivity contribution in [1.82, 2.24) is 9.80 Å². The molecule has 22 heavy (non-hydrogen) atoms. The number of rotatable bonds is 9. The largest absolute Gasteiger partial charge is 0.462 e. The molecule has 1 aliphatic heterocycles. The lowest BCUT2D eigenvalue weighted by molar-refractivity contribution is -0.139. The molecule has 0 aromatic rings. The quantitative estimate of drug-likeness (QED) is 0.403. The van der Waals surface area contributed by atoms with Gasteiger partial charge in [0.15, 0.2) is 6.23 Å². The number of urea groups is 1. The van der Waals surface area contributed by atoms with E-state index in [4.69, 9.17) is 4.74 Å². The second kappa shape index (κ2) is 9.25. The van der Waals surface area contributed by atoms with E-state index >= 15 is 0 Å². The fourth-order valence-electron chi connectivity index (χ4n) is 2.14. The minimum absolute atomic E-state index is 0.159. The van der Waals surface area contributed by atoms with Crippen molar-refractivity contribution >= 4 is 12.0 Å². The van der Waals surface area contributed by atoms with Crippen molar-refractivity contribution in [3.05, 3.63) is 24.4 Å². The molecule has 0 aromatic heterocycles. The molecule has 1 unspecified atom stereocenters. The number of aliphatic hydroxyl groups excluding tert-OH is 1. The lowest BCUT2D eigenvalue weighted by Gasteiger charge is -2.34. The third-order valence-corrected chi connectivity index (χ3v) is 3.46. The number of likely N-dealkylation sites (N-methyl/N-ethyl adjacent to an activating group) is 1. The van der Waals surface area contributed by atoms with Crippen molar-refractivity contribution in [3.8, 4) is 0 Å². The number of carbonyl (C=O) groups excluding carboxylic acids is 2. The highest BCUT2D eigenvalue weighted by Gasteiger charge is 2.26. The second-order valence-corrected chi connectivity index (χ2v) is 5.35. The Hall–Kier alpha value is -1.82. The first-order valence-corrected chi connectivity index (χ1v) is 7.73. The number of carbonyl (C=O) groups is 2. The van der Waals surface area contributed by atoms with Gasteiger partial charge in [-0.3, -0.25) is 4.90 Å². The molecule has 1 atom stereocenters. The zero-order valence-corrected chi connectivity index (χ0v) is 13.5. The van der Waals surface area contributed by atoms with Crippen molar-refractivity contribution in [3.63, 3.8) is 0 Å². The summed E-state index contributed by atoms with van der Waals surface area (Å²) in [5.74, 6) is -0.345. The van der Waals surface area contributed by atoms with E-state index in [0.29, 0.717) is 25.3 Å². The molecule has 1 aliphatic rings. The SMILES string of the molecule is C=C(C)C(=O)OCCCCCCN1C=CC(O)N(CC)C1=O. The molecule has 1 rings (SSSR count). The maximum absolute atomic E-state index is 12.0. The predicted octanol–water partition coefficient (Wildman–Crippen LogP) is 2.26. The summed E-state index contributed by atoms with van der Waals surface area (Å²) in [7, 11) is 0. The molecule has 1 N–H and O–H groups in total. The van der Waals surface area contributed by atoms with Crippen LogP contribution in [-0.4, -0.2) is 52.8 Å². The number of hydrogen-bond acceptors (Lipinski definition) is 4. The summed E-state index contributed by atoms with van der Waals surface area (Å²) in [5.41, 5.74) is 0.415. The summed E-state index contributed by atoms with van der Waals surface area (Å²) < 4.78 is 5.01. The van der Waals surface area contributed by atoms with Crippen LogP contribution in [0.2, 0.25) is 0 Å². The van der Waals surface area contributed by atoms with Gasteiger partial charge in [0.2, 0.25) is 0 Å². The number of unbranched alkanes of at least 4 members (excludes halogenated alkanes) is 3. The van der Waals surface area contributed by atoms with E-state index in [0.717, 1.165) is 25.7 Å². The molecular weight excluding hydrogens is 284 g/mol. The third kappa shape index (κ3) is 5.52. The lowest BCUT2D eigenvalue weighted by atomic mass is 10.2. The highest BCUT2D eigenvalue weighted by molar-refractivity contribution is 5.86. The van der Waals surface area contributed by atoms with Crippen molar-refractivity contribution in [2.75, 3.05) is 19.7 Å². The van der Waals surface area contributed by atoms with Gasteiger partial charge in [0.1, 0.15) is 0 Å². The Balaban J connectivity index is 2.15. The van der Waals surface area contributed by atoms with E-state index in [1.54, 1.807) is 24.1 Å². The van der Waals surface area contributed by atoms with Crippen LogP contribution >= 0.6 is 0 Å². The Morgan fingerprint density at radius 1 is 1.36 bits per heavy atom. The minimum Gasteiger partial charge on any atom is -0.462 e. The Morgan fingerprint density at radius 2 is 2.05 bits per heavy atom. The molecule has 0 saturated heterocycles. The van der Waals surface area contributed by atoms with Crippen molar-refractivity contribution in [2.24, 2.45) is 0 Å². The highest BCUT2D eigenvalue weighted by Crippen LogP contribution is 2.13. The highest BCUT2D eigenvalue weighted by atomic mass is 16.5. The molecule has 124 valence electrons. The van der Waals surface area contributed by atoms with E-state index in [1.165, 1.54) is 4.90 Å². The Bertz CT molecular complexity index is 434. The van der Waals surface area contributed by atoms with Crippen molar-refractivity contribution in [2.45, 2.75) is 45.8 Å². The number of nitrogens with zero attached hydrogens (tertiary/aromatic N) is 2. The van der Waals surface area contributed by atoms with Crippen LogP contribution in [0.15, 0.2) is 24.4 Å². The minimum atomic E-state index is -0.822. The maximum Gasteiger partial charge on any atom is 0.333 e. The van der Waals surface area contributed by atoms with Gasteiger partial charge in [-0.25, -0.2) is 9.59 Å². The Labute approximate surface area is 132 Å². The number of esters is 1. The second-order valence-electron chi connectivity index (χ2n) is 5.35. The number of amides is 2. The van der Waals surface area contributed by atoms with E-state index < -0.39 is 6.23 Å². The zero-order valence-electron chi connectivity index (χ0n) is 13.5. The van der Waals surface area contributed by atoms with Crippen LogP contribution in [0.1, 0.15) is 39.5 Å². The molecular formula is C16H26N2O4. The molecule has 2 amide bonds. The Morgan fingerprint density at radius 3 is 2.68 bits per heavy atom. The first-order chi connectivity index (χ1) is 10.5. The fourth-order valence-corrected chi connectivity index (χ4v) is 2.14. The molecule has 0 bridgehead atoms. The van der Waals surface area contributed by atoms with Crippen LogP contribution in [0.3, 0.4) is 0 Å². The van der Waals surface area contributed by atoms with E-state index in [9.17, 15) is 14.7 Å². The lowest BCUT2D eigenvalue weighted by Crippen LogP contribution is -2.49. The number of hydrogen-bond donors (Lipinski definition) is 1. The monoisotopic (exact) mass is 310 g/mol. The number of ether oxygens (including phenoxy) is 1. The van der Waals surface area contributed by atoms with Gasteiger partial charge in [0.25, 0.3) is 0 Å². The molecule has 0 aliphatic carbocycles. The molecule has 0 radical (unpaired) electrons. The van der Waals surface area contributed by atoms with Gasteiger partial charge in [-0.1, -0.05) is 13.0 Å². The summed E-state index contributed by atoms with van der Waals surface area (Å²) >= 11 is 0. The van der Waals surface area contributed by atoms with Gasteiger partial charge in [0, 0.05) is 24.9 Å². The van der Waals surface area contributed by atoms with Crippen LogP contribution in [-0.2, 0) is 9.53 Å². The van der Waals surface area contributed by atoms with Gasteiger partial charge in [0.05, 0.1) is 6.61 Å². The van der Waals surface area contributed by atoms with Gasteiger partial charge in [-0.15, -0.1) is 0 Å². The van der Waals surface area contributed by atoms with E-state index in [2.05, 4.69) is 6.58 Å². The molecule has 0 aromatic carbocycles. The topological polar surface area (TPSA) is 70.1 Å². The standard InChI is InChI=1S/C16H26N2O4/c1-4-18-14(19)9-11-17(16(18)21)10-7-5-6-8-12-22-15(20)13(2)3/h9,11,14,19H,2,4-8,10,12H2,1,3H3. The van der Waals surface area contributed by atoms with Crippen LogP contribution in [0.4, 0.5) is 4.79 Å². The average molecular weight is 310 g/mol. The van der Waals surface area contributed by atoms with Crippen LogP contribution in [0.25, 0.3) is 0 Å². The number of aliphatic hydroxyl groups is 1. The van der Waals surface area contributed by atoms with E-state index in [1.807, 2.05) is 6.92 Å². The summed E-state index contributed by atoms with van der Waals surface area (Å²) in [6.07, 6.45) is 6.01. The van der Waals surface area contributed by atoms with Crippen LogP contribution in [0.5, 0.6) is 0 Å². The predicted molar refractivity (Wildman–Crippen MR) is 83.9 cm³/mol. The van der Waals surface area contributed by atoms with Crippen LogP contribution < -0.4 is 0 Å². The van der Waals surface area contributed by atoms with Gasteiger partial charge >= 0.3 is 12.0 Å². The first kappa shape index (κ1) is 18.2. The molecule has 6 heteroatoms. The Kier molecular flexibility index (Phi) is 7.66. The summed E-state index contributed by atoms with van der Waals surface area (Å²) in [5, 5.41) is 9.65. The molecule has 1 heterocycles. The third-order valence-electron chi connectivity index (χ3n) is 3.46. The molecule has 0 fully saturated rings. The van der Waals surface area contributed by atoms with Crippen molar-refractivity contribution in [1.29, 1.82) is 0 Å². The zero-order chi connectivity index (χ0) is 16.5. The summed E-state index contributed by atoms with van der Waals surface area (Å²) in [4.78, 5) is 26.2.